The summed E-state index contributed by atoms with van der Waals surface area (Å²) in [6.07, 6.45) is 6.52. The van der Waals surface area contributed by atoms with Gasteiger partial charge in [0.1, 0.15) is 0 Å². The predicted octanol–water partition coefficient (Wildman–Crippen LogP) is 4.46. The van der Waals surface area contributed by atoms with Crippen molar-refractivity contribution >= 4 is 21.9 Å². The summed E-state index contributed by atoms with van der Waals surface area (Å²) in [5.74, 6) is 0.879. The van der Waals surface area contributed by atoms with Gasteiger partial charge in [-0.3, -0.25) is 4.79 Å². The Hall–Kier alpha value is -1.23. The van der Waals surface area contributed by atoms with Crippen LogP contribution in [0.25, 0.3) is 0 Å². The molecule has 4 nitrogen and oxygen atoms in total. The molecule has 1 aromatic carbocycles. The van der Waals surface area contributed by atoms with E-state index < -0.39 is 11.8 Å². The van der Waals surface area contributed by atoms with Crippen LogP contribution in [0.3, 0.4) is 0 Å². The van der Waals surface area contributed by atoms with Gasteiger partial charge in [0.15, 0.2) is 11.5 Å². The molecule has 1 atom stereocenters. The van der Waals surface area contributed by atoms with Gasteiger partial charge in [0, 0.05) is 17.3 Å². The topological polar surface area (TPSA) is 55.8 Å². The molecule has 0 radical (unpaired) electrons. The SMILES string of the molecule is O=C(O)CC(c1cc2c(cc1Br)OC1(CCCC1)O2)C1CC1. The van der Waals surface area contributed by atoms with Gasteiger partial charge in [-0.2, -0.15) is 0 Å². The summed E-state index contributed by atoms with van der Waals surface area (Å²) in [5, 5.41) is 9.20. The summed E-state index contributed by atoms with van der Waals surface area (Å²) in [7, 11) is 0. The molecule has 3 aliphatic rings. The lowest BCUT2D eigenvalue weighted by atomic mass is 9.91. The Morgan fingerprint density at radius 1 is 1.27 bits per heavy atom. The van der Waals surface area contributed by atoms with Gasteiger partial charge in [-0.25, -0.2) is 0 Å². The number of carboxylic acids is 1. The second-order valence-electron chi connectivity index (χ2n) is 6.68. The highest BCUT2D eigenvalue weighted by atomic mass is 79.9. The van der Waals surface area contributed by atoms with Gasteiger partial charge in [0.2, 0.25) is 0 Å². The van der Waals surface area contributed by atoms with Crippen LogP contribution in [-0.4, -0.2) is 16.9 Å². The molecule has 2 saturated carbocycles. The summed E-state index contributed by atoms with van der Waals surface area (Å²) >= 11 is 3.61. The van der Waals surface area contributed by atoms with Gasteiger partial charge >= 0.3 is 5.97 Å². The highest BCUT2D eigenvalue weighted by molar-refractivity contribution is 9.10. The number of aliphatic carboxylic acids is 1. The second-order valence-corrected chi connectivity index (χ2v) is 7.54. The standard InChI is InChI=1S/C17H19BrO4/c18-13-9-15-14(21-17(22-15)5-1-2-6-17)7-12(13)11(8-16(19)20)10-3-4-10/h7,9-11H,1-6,8H2,(H,19,20). The maximum absolute atomic E-state index is 11.2. The maximum Gasteiger partial charge on any atom is 0.303 e. The average molecular weight is 367 g/mol. The summed E-state index contributed by atoms with van der Waals surface area (Å²) in [4.78, 5) is 11.2. The van der Waals surface area contributed by atoms with Crippen LogP contribution in [0.4, 0.5) is 0 Å². The van der Waals surface area contributed by atoms with E-state index in [1.54, 1.807) is 0 Å². The molecular formula is C17H19BrO4. The predicted molar refractivity (Wildman–Crippen MR) is 84.3 cm³/mol. The van der Waals surface area contributed by atoms with Gasteiger partial charge < -0.3 is 14.6 Å². The number of ether oxygens (including phenoxy) is 2. The van der Waals surface area contributed by atoms with E-state index in [1.807, 2.05) is 12.1 Å². The third kappa shape index (κ3) is 2.49. The summed E-state index contributed by atoms with van der Waals surface area (Å²) < 4.78 is 13.1. The van der Waals surface area contributed by atoms with Crippen molar-refractivity contribution in [2.75, 3.05) is 0 Å². The van der Waals surface area contributed by atoms with Crippen LogP contribution in [0.5, 0.6) is 11.5 Å². The van der Waals surface area contributed by atoms with Crippen LogP contribution in [0.15, 0.2) is 16.6 Å². The van der Waals surface area contributed by atoms with Crippen molar-refractivity contribution in [1.82, 2.24) is 0 Å². The number of fused-ring (bicyclic) bond motifs is 1. The second kappa shape index (κ2) is 5.15. The van der Waals surface area contributed by atoms with E-state index in [-0.39, 0.29) is 12.3 Å². The number of hydrogen-bond acceptors (Lipinski definition) is 3. The zero-order valence-corrected chi connectivity index (χ0v) is 13.9. The fraction of sp³-hybridized carbons (Fsp3) is 0.588. The van der Waals surface area contributed by atoms with Crippen LogP contribution in [-0.2, 0) is 4.79 Å². The first kappa shape index (κ1) is 14.4. The zero-order chi connectivity index (χ0) is 15.3. The lowest BCUT2D eigenvalue weighted by Gasteiger charge is -2.21. The Morgan fingerprint density at radius 2 is 1.91 bits per heavy atom. The Balaban J connectivity index is 1.66. The molecule has 1 aromatic rings. The molecule has 22 heavy (non-hydrogen) atoms. The molecule has 0 bridgehead atoms. The lowest BCUT2D eigenvalue weighted by Crippen LogP contribution is -2.34. The van der Waals surface area contributed by atoms with E-state index in [9.17, 15) is 9.90 Å². The van der Waals surface area contributed by atoms with Crippen molar-refractivity contribution in [2.45, 2.75) is 56.7 Å². The minimum atomic E-state index is -0.742. The van der Waals surface area contributed by atoms with E-state index in [0.29, 0.717) is 5.92 Å². The minimum Gasteiger partial charge on any atom is -0.481 e. The van der Waals surface area contributed by atoms with E-state index >= 15 is 0 Å². The van der Waals surface area contributed by atoms with Crippen LogP contribution in [0.2, 0.25) is 0 Å². The molecule has 4 rings (SSSR count). The average Bonchev–Trinajstić information content (AvgIpc) is 3.12. The van der Waals surface area contributed by atoms with Gasteiger partial charge in [-0.1, -0.05) is 15.9 Å². The Kier molecular flexibility index (Phi) is 3.36. The smallest absolute Gasteiger partial charge is 0.303 e. The Labute approximate surface area is 137 Å². The largest absolute Gasteiger partial charge is 0.481 e. The van der Waals surface area contributed by atoms with Gasteiger partial charge in [0.25, 0.3) is 5.79 Å². The number of carboxylic acid groups (broad SMARTS) is 1. The van der Waals surface area contributed by atoms with E-state index in [4.69, 9.17) is 9.47 Å². The van der Waals surface area contributed by atoms with Crippen LogP contribution < -0.4 is 9.47 Å². The number of benzene rings is 1. The highest BCUT2D eigenvalue weighted by Crippen LogP contribution is 2.52. The number of rotatable bonds is 4. The van der Waals surface area contributed by atoms with Gasteiger partial charge in [-0.05, 0) is 55.2 Å². The molecule has 2 aliphatic carbocycles. The first-order valence-corrected chi connectivity index (χ1v) is 8.79. The monoisotopic (exact) mass is 366 g/mol. The molecule has 0 amide bonds. The number of halogens is 1. The molecule has 1 N–H and O–H groups in total. The fourth-order valence-electron chi connectivity index (χ4n) is 3.75. The number of carbonyl (C=O) groups is 1. The van der Waals surface area contributed by atoms with Crippen molar-refractivity contribution in [3.8, 4) is 11.5 Å². The van der Waals surface area contributed by atoms with Crippen molar-refractivity contribution in [1.29, 1.82) is 0 Å². The molecule has 1 unspecified atom stereocenters. The molecule has 1 spiro atoms. The van der Waals surface area contributed by atoms with Gasteiger partial charge in [-0.15, -0.1) is 0 Å². The number of hydrogen-bond donors (Lipinski definition) is 1. The highest BCUT2D eigenvalue weighted by Gasteiger charge is 2.45. The first-order chi connectivity index (χ1) is 10.6. The normalized spacial score (nSPS) is 23.0. The molecule has 5 heteroatoms. The lowest BCUT2D eigenvalue weighted by molar-refractivity contribution is -0.137. The zero-order valence-electron chi connectivity index (χ0n) is 12.3. The van der Waals surface area contributed by atoms with Crippen LogP contribution in [0.1, 0.15) is 56.4 Å². The third-order valence-corrected chi connectivity index (χ3v) is 5.69. The van der Waals surface area contributed by atoms with E-state index in [2.05, 4.69) is 15.9 Å². The molecular weight excluding hydrogens is 348 g/mol. The molecule has 0 saturated heterocycles. The molecule has 118 valence electrons. The van der Waals surface area contributed by atoms with Crippen LogP contribution in [0, 0.1) is 5.92 Å². The first-order valence-electron chi connectivity index (χ1n) is 8.00. The van der Waals surface area contributed by atoms with E-state index in [0.717, 1.165) is 60.1 Å². The summed E-state index contributed by atoms with van der Waals surface area (Å²) in [6, 6.07) is 3.95. The van der Waals surface area contributed by atoms with Crippen molar-refractivity contribution < 1.29 is 19.4 Å². The molecule has 1 aliphatic heterocycles. The fourth-order valence-corrected chi connectivity index (χ4v) is 4.37. The molecule has 2 fully saturated rings. The van der Waals surface area contributed by atoms with Gasteiger partial charge in [0.05, 0.1) is 6.42 Å². The van der Waals surface area contributed by atoms with E-state index in [1.165, 1.54) is 0 Å². The quantitative estimate of drug-likeness (QED) is 0.854. The summed E-state index contributed by atoms with van der Waals surface area (Å²) in [6.45, 7) is 0. The molecule has 0 aromatic heterocycles. The van der Waals surface area contributed by atoms with Crippen LogP contribution >= 0.6 is 15.9 Å². The maximum atomic E-state index is 11.2. The van der Waals surface area contributed by atoms with Crippen molar-refractivity contribution in [3.05, 3.63) is 22.2 Å². The Bertz CT molecular complexity index is 617. The van der Waals surface area contributed by atoms with Crippen molar-refractivity contribution in [2.24, 2.45) is 5.92 Å². The summed E-state index contributed by atoms with van der Waals surface area (Å²) in [5.41, 5.74) is 1.04. The Morgan fingerprint density at radius 3 is 2.50 bits per heavy atom. The third-order valence-electron chi connectivity index (χ3n) is 5.01. The minimum absolute atomic E-state index is 0.0564. The molecule has 1 heterocycles. The van der Waals surface area contributed by atoms with Crippen molar-refractivity contribution in [3.63, 3.8) is 0 Å².